The van der Waals surface area contributed by atoms with Crippen LogP contribution in [0.4, 0.5) is 0 Å². The van der Waals surface area contributed by atoms with Gasteiger partial charge in [-0.15, -0.1) is 0 Å². The van der Waals surface area contributed by atoms with E-state index in [1.807, 2.05) is 0 Å². The Morgan fingerprint density at radius 1 is 0.778 bits per heavy atom. The van der Waals surface area contributed by atoms with Gasteiger partial charge in [0.05, 0.1) is 0 Å². The molecule has 5 heteroatoms. The van der Waals surface area contributed by atoms with Crippen molar-refractivity contribution in [2.45, 2.75) is 26.2 Å². The Kier molecular flexibility index (Phi) is 18.1. The minimum atomic E-state index is -0.389. The van der Waals surface area contributed by atoms with Gasteiger partial charge in [-0.05, 0) is 26.2 Å². The van der Waals surface area contributed by atoms with Gasteiger partial charge in [0.25, 0.3) is 0 Å². The Morgan fingerprint density at radius 2 is 1.00 bits per heavy atom. The van der Waals surface area contributed by atoms with Crippen LogP contribution in [-0.4, -0.2) is 18.1 Å². The SMILES string of the molecule is C[Si](C)O[Si](C)C.[Rh].[Rh]. The summed E-state index contributed by atoms with van der Waals surface area (Å²) in [5.41, 5.74) is 0. The van der Waals surface area contributed by atoms with E-state index in [-0.39, 0.29) is 57.0 Å². The summed E-state index contributed by atoms with van der Waals surface area (Å²) in [6.45, 7) is 8.68. The fourth-order valence-corrected chi connectivity index (χ4v) is 3.67. The molecule has 0 aromatic rings. The maximum atomic E-state index is 5.45. The molecule has 0 bridgehead atoms. The van der Waals surface area contributed by atoms with Crippen molar-refractivity contribution in [2.24, 2.45) is 0 Å². The molecule has 0 aliphatic heterocycles. The third-order valence-corrected chi connectivity index (χ3v) is 3.67. The summed E-state index contributed by atoms with van der Waals surface area (Å²) in [5.74, 6) is 0. The van der Waals surface area contributed by atoms with Crippen molar-refractivity contribution in [3.05, 3.63) is 0 Å². The van der Waals surface area contributed by atoms with Crippen LogP contribution in [0.1, 0.15) is 0 Å². The second-order valence-corrected chi connectivity index (χ2v) is 6.37. The third kappa shape index (κ3) is 17.7. The van der Waals surface area contributed by atoms with Gasteiger partial charge < -0.3 is 4.12 Å². The quantitative estimate of drug-likeness (QED) is 0.694. The van der Waals surface area contributed by atoms with Gasteiger partial charge in [-0.1, -0.05) is 0 Å². The zero-order chi connectivity index (χ0) is 5.86. The van der Waals surface area contributed by atoms with Crippen molar-refractivity contribution < 1.29 is 43.1 Å². The second-order valence-electron chi connectivity index (χ2n) is 1.92. The molecule has 0 spiro atoms. The van der Waals surface area contributed by atoms with Gasteiger partial charge in [0.2, 0.25) is 0 Å². The molecule has 0 aliphatic rings. The average molecular weight is 338 g/mol. The van der Waals surface area contributed by atoms with E-state index < -0.39 is 0 Å². The smallest absolute Gasteiger partial charge is 0.191 e. The molecule has 0 amide bonds. The van der Waals surface area contributed by atoms with Gasteiger partial charge >= 0.3 is 0 Å². The van der Waals surface area contributed by atoms with Gasteiger partial charge in [0.15, 0.2) is 18.1 Å². The van der Waals surface area contributed by atoms with E-state index >= 15 is 0 Å². The van der Waals surface area contributed by atoms with Crippen LogP contribution < -0.4 is 0 Å². The Morgan fingerprint density at radius 3 is 1.00 bits per heavy atom. The van der Waals surface area contributed by atoms with E-state index in [0.29, 0.717) is 0 Å². The zero-order valence-corrected chi connectivity index (χ0v) is 11.4. The van der Waals surface area contributed by atoms with Crippen molar-refractivity contribution in [1.82, 2.24) is 0 Å². The van der Waals surface area contributed by atoms with Crippen molar-refractivity contribution in [3.8, 4) is 0 Å². The molecule has 0 aromatic heterocycles. The molecule has 9 heavy (non-hydrogen) atoms. The summed E-state index contributed by atoms with van der Waals surface area (Å²) >= 11 is 0. The first-order valence-electron chi connectivity index (χ1n) is 2.41. The molecule has 0 unspecified atom stereocenters. The van der Waals surface area contributed by atoms with Crippen LogP contribution >= 0.6 is 0 Å². The minimum absolute atomic E-state index is 0. The Hall–Kier alpha value is 1.64. The molecule has 0 heterocycles. The van der Waals surface area contributed by atoms with Crippen molar-refractivity contribution in [2.75, 3.05) is 0 Å². The predicted molar refractivity (Wildman–Crippen MR) is 36.0 cm³/mol. The molecular formula is C4H12ORh2Si2. The molecule has 0 atom stereocenters. The first-order chi connectivity index (χ1) is 3.13. The summed E-state index contributed by atoms with van der Waals surface area (Å²) in [6, 6.07) is 0. The van der Waals surface area contributed by atoms with Crippen LogP contribution in [0.2, 0.25) is 26.2 Å². The van der Waals surface area contributed by atoms with Gasteiger partial charge in [0.1, 0.15) is 0 Å². The van der Waals surface area contributed by atoms with E-state index in [1.165, 1.54) is 0 Å². The van der Waals surface area contributed by atoms with Crippen molar-refractivity contribution in [1.29, 1.82) is 0 Å². The summed E-state index contributed by atoms with van der Waals surface area (Å²) in [4.78, 5) is 0. The molecule has 0 N–H and O–H groups in total. The molecule has 0 saturated heterocycles. The Labute approximate surface area is 86.9 Å². The first kappa shape index (κ1) is 16.9. The average Bonchev–Trinajstić information content (AvgIpc) is 1.27. The van der Waals surface area contributed by atoms with Crippen LogP contribution in [0, 0.1) is 0 Å². The van der Waals surface area contributed by atoms with Gasteiger partial charge in [0, 0.05) is 39.0 Å². The Balaban J connectivity index is -0.000000180. The van der Waals surface area contributed by atoms with Gasteiger partial charge in [-0.25, -0.2) is 0 Å². The minimum Gasteiger partial charge on any atom is -0.456 e. The normalized spacial score (nSPS) is 8.67. The van der Waals surface area contributed by atoms with E-state index in [2.05, 4.69) is 26.2 Å². The fraction of sp³-hybridized carbons (Fsp3) is 1.00. The summed E-state index contributed by atoms with van der Waals surface area (Å²) in [5, 5.41) is 0. The number of rotatable bonds is 2. The molecule has 60 valence electrons. The summed E-state index contributed by atoms with van der Waals surface area (Å²) in [6.07, 6.45) is 0. The molecule has 0 fully saturated rings. The molecule has 1 nitrogen and oxygen atoms in total. The van der Waals surface area contributed by atoms with Crippen molar-refractivity contribution in [3.63, 3.8) is 0 Å². The van der Waals surface area contributed by atoms with E-state index in [4.69, 9.17) is 4.12 Å². The van der Waals surface area contributed by atoms with Crippen molar-refractivity contribution >= 4 is 18.1 Å². The summed E-state index contributed by atoms with van der Waals surface area (Å²) < 4.78 is 5.45. The Bertz CT molecular complexity index is 45.8. The zero-order valence-electron chi connectivity index (χ0n) is 6.07. The maximum absolute atomic E-state index is 5.45. The molecule has 4 radical (unpaired) electrons. The number of hydrogen-bond acceptors (Lipinski definition) is 1. The largest absolute Gasteiger partial charge is 0.456 e. The van der Waals surface area contributed by atoms with Crippen LogP contribution in [0.15, 0.2) is 0 Å². The first-order valence-corrected chi connectivity index (χ1v) is 7.22. The van der Waals surface area contributed by atoms with Crippen LogP contribution in [0.5, 0.6) is 0 Å². The van der Waals surface area contributed by atoms with Crippen LogP contribution in [0.25, 0.3) is 0 Å². The molecule has 0 aromatic carbocycles. The fourth-order valence-electron chi connectivity index (χ4n) is 0.408. The maximum Gasteiger partial charge on any atom is 0.191 e. The predicted octanol–water partition coefficient (Wildman–Crippen LogP) is 1.50. The van der Waals surface area contributed by atoms with E-state index in [9.17, 15) is 0 Å². The standard InChI is InChI=1S/C4H12OSi2.2Rh/c1-6(2)5-7(3)4;;/h1-4H3;;. The van der Waals surface area contributed by atoms with Gasteiger partial charge in [-0.2, -0.15) is 0 Å². The second kappa shape index (κ2) is 9.64. The van der Waals surface area contributed by atoms with Crippen LogP contribution in [0.3, 0.4) is 0 Å². The third-order valence-electron chi connectivity index (χ3n) is 0.408. The van der Waals surface area contributed by atoms with E-state index in [0.717, 1.165) is 0 Å². The molecule has 0 saturated carbocycles. The number of hydrogen-bond donors (Lipinski definition) is 0. The summed E-state index contributed by atoms with van der Waals surface area (Å²) in [7, 11) is -0.778. The molecule has 0 aliphatic carbocycles. The van der Waals surface area contributed by atoms with E-state index in [1.54, 1.807) is 0 Å². The monoisotopic (exact) mass is 338 g/mol. The molecule has 0 rings (SSSR count). The van der Waals surface area contributed by atoms with Gasteiger partial charge in [-0.3, -0.25) is 0 Å². The molecular weight excluding hydrogens is 326 g/mol. The van der Waals surface area contributed by atoms with Crippen LogP contribution in [-0.2, 0) is 43.1 Å². The topological polar surface area (TPSA) is 9.23 Å².